The van der Waals surface area contributed by atoms with Crippen LogP contribution in [0.5, 0.6) is 0 Å². The van der Waals surface area contributed by atoms with E-state index in [1.807, 2.05) is 0 Å². The van der Waals surface area contributed by atoms with Gasteiger partial charge in [0.15, 0.2) is 0 Å². The minimum atomic E-state index is -3.54. The molecule has 96 valence electrons. The highest BCUT2D eigenvalue weighted by Gasteiger charge is 2.36. The topological polar surface area (TPSA) is 86.3 Å². The first-order chi connectivity index (χ1) is 7.83. The third-order valence-corrected chi connectivity index (χ3v) is 5.00. The average Bonchev–Trinajstić information content (AvgIpc) is 2.63. The van der Waals surface area contributed by atoms with Crippen LogP contribution in [0.4, 0.5) is 0 Å². The molecule has 0 radical (unpaired) electrons. The van der Waals surface area contributed by atoms with Crippen LogP contribution in [0.3, 0.4) is 0 Å². The van der Waals surface area contributed by atoms with Crippen LogP contribution < -0.4 is 0 Å². The minimum absolute atomic E-state index is 0.139. The van der Waals surface area contributed by atoms with Crippen LogP contribution in [-0.4, -0.2) is 46.7 Å². The van der Waals surface area contributed by atoms with Gasteiger partial charge in [-0.05, 0) is 26.7 Å². The van der Waals surface area contributed by atoms with E-state index >= 15 is 0 Å². The molecule has 0 aliphatic carbocycles. The Morgan fingerprint density at radius 2 is 2.29 bits per heavy atom. The van der Waals surface area contributed by atoms with Gasteiger partial charge in [0.05, 0.1) is 17.5 Å². The average molecular weight is 259 g/mol. The number of nitrogens with one attached hydrogen (secondary N) is 1. The lowest BCUT2D eigenvalue weighted by Gasteiger charge is -2.35. The highest BCUT2D eigenvalue weighted by Crippen LogP contribution is 2.26. The van der Waals surface area contributed by atoms with Gasteiger partial charge in [-0.3, -0.25) is 5.10 Å². The molecule has 1 fully saturated rings. The second-order valence-electron chi connectivity index (χ2n) is 4.80. The maximum Gasteiger partial charge on any atom is 0.246 e. The second-order valence-corrected chi connectivity index (χ2v) is 6.70. The number of rotatable bonds is 2. The summed E-state index contributed by atoms with van der Waals surface area (Å²) in [6.07, 6.45) is 2.61. The number of aromatic nitrogens is 2. The zero-order chi connectivity index (χ0) is 12.7. The molecule has 1 aromatic heterocycles. The number of sulfonamides is 1. The van der Waals surface area contributed by atoms with E-state index in [0.717, 1.165) is 0 Å². The largest absolute Gasteiger partial charge is 0.389 e. The molecular weight excluding hydrogens is 242 g/mol. The number of H-pyrrole nitrogens is 1. The lowest BCUT2D eigenvalue weighted by molar-refractivity contribution is 0.00939. The predicted octanol–water partition coefficient (Wildman–Crippen LogP) is 0.254. The monoisotopic (exact) mass is 259 g/mol. The van der Waals surface area contributed by atoms with Gasteiger partial charge in [-0.25, -0.2) is 8.42 Å². The van der Waals surface area contributed by atoms with E-state index in [9.17, 15) is 13.5 Å². The van der Waals surface area contributed by atoms with Crippen molar-refractivity contribution >= 4 is 10.0 Å². The number of β-amino-alcohol motifs (C(OH)–C–C–N with tert-alkyl or cyclic N) is 1. The van der Waals surface area contributed by atoms with Gasteiger partial charge in [-0.1, -0.05) is 0 Å². The normalized spacial score (nSPS) is 27.2. The molecule has 2 heterocycles. The van der Waals surface area contributed by atoms with E-state index < -0.39 is 15.6 Å². The van der Waals surface area contributed by atoms with Crippen molar-refractivity contribution in [3.05, 3.63) is 11.9 Å². The zero-order valence-electron chi connectivity index (χ0n) is 9.97. The zero-order valence-corrected chi connectivity index (χ0v) is 10.8. The number of hydrogen-bond donors (Lipinski definition) is 2. The van der Waals surface area contributed by atoms with Crippen LogP contribution in [0.25, 0.3) is 0 Å². The molecule has 0 amide bonds. The number of aliphatic hydroxyl groups is 1. The number of piperidine rings is 1. The number of hydrogen-bond acceptors (Lipinski definition) is 4. The smallest absolute Gasteiger partial charge is 0.246 e. The van der Waals surface area contributed by atoms with Gasteiger partial charge in [-0.2, -0.15) is 9.40 Å². The molecule has 0 spiro atoms. The van der Waals surface area contributed by atoms with Gasteiger partial charge in [0.1, 0.15) is 4.90 Å². The van der Waals surface area contributed by atoms with Crippen molar-refractivity contribution in [3.8, 4) is 0 Å². The highest BCUT2D eigenvalue weighted by atomic mass is 32.2. The first kappa shape index (κ1) is 12.5. The molecule has 1 atom stereocenters. The SMILES string of the molecule is Cc1[nH]ncc1S(=O)(=O)N1CCCC(C)(O)C1. The summed E-state index contributed by atoms with van der Waals surface area (Å²) in [5.74, 6) is 0. The summed E-state index contributed by atoms with van der Waals surface area (Å²) in [5, 5.41) is 16.3. The predicted molar refractivity (Wildman–Crippen MR) is 61.9 cm³/mol. The van der Waals surface area contributed by atoms with Gasteiger partial charge >= 0.3 is 0 Å². The van der Waals surface area contributed by atoms with Crippen LogP contribution >= 0.6 is 0 Å². The molecule has 1 aliphatic rings. The van der Waals surface area contributed by atoms with Crippen LogP contribution in [0.2, 0.25) is 0 Å². The Balaban J connectivity index is 2.31. The van der Waals surface area contributed by atoms with Gasteiger partial charge in [0.25, 0.3) is 0 Å². The Kier molecular flexibility index (Phi) is 3.01. The molecule has 0 aromatic carbocycles. The lowest BCUT2D eigenvalue weighted by atomic mass is 9.97. The molecule has 0 saturated carbocycles. The number of aryl methyl sites for hydroxylation is 1. The van der Waals surface area contributed by atoms with Gasteiger partial charge < -0.3 is 5.11 Å². The molecular formula is C10H17N3O3S. The molecule has 2 rings (SSSR count). The van der Waals surface area contributed by atoms with Crippen molar-refractivity contribution in [3.63, 3.8) is 0 Å². The Hall–Kier alpha value is -0.920. The molecule has 1 aromatic rings. The minimum Gasteiger partial charge on any atom is -0.389 e. The highest BCUT2D eigenvalue weighted by molar-refractivity contribution is 7.89. The Labute approximate surface area is 101 Å². The van der Waals surface area contributed by atoms with Crippen molar-refractivity contribution in [2.24, 2.45) is 0 Å². The molecule has 0 bridgehead atoms. The Bertz CT molecular complexity index is 507. The number of aromatic amines is 1. The fourth-order valence-corrected chi connectivity index (χ4v) is 3.83. The van der Waals surface area contributed by atoms with Gasteiger partial charge in [-0.15, -0.1) is 0 Å². The lowest BCUT2D eigenvalue weighted by Crippen LogP contribution is -2.48. The molecule has 7 heteroatoms. The summed E-state index contributed by atoms with van der Waals surface area (Å²) < 4.78 is 26.0. The van der Waals surface area contributed by atoms with Crippen molar-refractivity contribution in [1.29, 1.82) is 0 Å². The van der Waals surface area contributed by atoms with E-state index in [0.29, 0.717) is 25.1 Å². The van der Waals surface area contributed by atoms with Crippen LogP contribution in [-0.2, 0) is 10.0 Å². The Morgan fingerprint density at radius 1 is 1.59 bits per heavy atom. The van der Waals surface area contributed by atoms with Crippen molar-refractivity contribution in [2.75, 3.05) is 13.1 Å². The Morgan fingerprint density at radius 3 is 2.82 bits per heavy atom. The van der Waals surface area contributed by atoms with Crippen LogP contribution in [0.15, 0.2) is 11.1 Å². The first-order valence-corrected chi connectivity index (χ1v) is 6.99. The van der Waals surface area contributed by atoms with Crippen molar-refractivity contribution in [2.45, 2.75) is 37.2 Å². The van der Waals surface area contributed by atoms with Gasteiger partial charge in [0, 0.05) is 13.1 Å². The maximum atomic E-state index is 12.3. The second kappa shape index (κ2) is 4.08. The van der Waals surface area contributed by atoms with Gasteiger partial charge in [0.2, 0.25) is 10.0 Å². The summed E-state index contributed by atoms with van der Waals surface area (Å²) in [4.78, 5) is 0.190. The molecule has 1 saturated heterocycles. The number of nitrogens with zero attached hydrogens (tertiary/aromatic N) is 2. The molecule has 1 aliphatic heterocycles. The summed E-state index contributed by atoms with van der Waals surface area (Å²) in [6, 6.07) is 0. The summed E-state index contributed by atoms with van der Waals surface area (Å²) >= 11 is 0. The van der Waals surface area contributed by atoms with E-state index in [1.165, 1.54) is 10.5 Å². The standard InChI is InChI=1S/C10H17N3O3S/c1-8-9(6-11-12-8)17(15,16)13-5-3-4-10(2,14)7-13/h6,14H,3-5,7H2,1-2H3,(H,11,12). The van der Waals surface area contributed by atoms with E-state index in [1.54, 1.807) is 13.8 Å². The van der Waals surface area contributed by atoms with E-state index in [-0.39, 0.29) is 11.4 Å². The molecule has 17 heavy (non-hydrogen) atoms. The third-order valence-electron chi connectivity index (χ3n) is 3.04. The maximum absolute atomic E-state index is 12.3. The summed E-state index contributed by atoms with van der Waals surface area (Å²) in [6.45, 7) is 3.92. The van der Waals surface area contributed by atoms with E-state index in [4.69, 9.17) is 0 Å². The first-order valence-electron chi connectivity index (χ1n) is 5.55. The summed E-state index contributed by atoms with van der Waals surface area (Å²) in [7, 11) is -3.54. The van der Waals surface area contributed by atoms with E-state index in [2.05, 4.69) is 10.2 Å². The fourth-order valence-electron chi connectivity index (χ4n) is 2.12. The quantitative estimate of drug-likeness (QED) is 0.797. The molecule has 1 unspecified atom stereocenters. The molecule has 2 N–H and O–H groups in total. The summed E-state index contributed by atoms with van der Waals surface area (Å²) in [5.41, 5.74) is -0.418. The van der Waals surface area contributed by atoms with Crippen molar-refractivity contribution in [1.82, 2.24) is 14.5 Å². The fraction of sp³-hybridized carbons (Fsp3) is 0.700. The molecule has 6 nitrogen and oxygen atoms in total. The van der Waals surface area contributed by atoms with Crippen LogP contribution in [0.1, 0.15) is 25.5 Å². The van der Waals surface area contributed by atoms with Crippen molar-refractivity contribution < 1.29 is 13.5 Å². The third kappa shape index (κ3) is 2.36. The van der Waals surface area contributed by atoms with Crippen LogP contribution in [0, 0.1) is 6.92 Å².